The number of allylic oxidation sites excluding steroid dienone is 1. The topological polar surface area (TPSA) is 9.23 Å². The van der Waals surface area contributed by atoms with Crippen LogP contribution in [0.2, 0.25) is 0 Å². The van der Waals surface area contributed by atoms with Gasteiger partial charge in [0.25, 0.3) is 0 Å². The highest BCUT2D eigenvalue weighted by atomic mass is 32.2. The molecular weight excluding hydrogens is 216 g/mol. The molecule has 0 fully saturated rings. The van der Waals surface area contributed by atoms with Crippen LogP contribution < -0.4 is 0 Å². The van der Waals surface area contributed by atoms with Gasteiger partial charge >= 0.3 is 0 Å². The maximum Gasteiger partial charge on any atom is 0.0752 e. The van der Waals surface area contributed by atoms with Crippen molar-refractivity contribution in [1.29, 1.82) is 0 Å². The van der Waals surface area contributed by atoms with Gasteiger partial charge in [-0.1, -0.05) is 38.1 Å². The minimum atomic E-state index is 0.295. The number of hydrogen-bond donors (Lipinski definition) is 0. The zero-order chi connectivity index (χ0) is 11.8. The van der Waals surface area contributed by atoms with Crippen LogP contribution in [0.3, 0.4) is 0 Å². The van der Waals surface area contributed by atoms with Crippen LogP contribution in [-0.4, -0.2) is 6.10 Å². The normalized spacial score (nSPS) is 12.7. The highest BCUT2D eigenvalue weighted by molar-refractivity contribution is 7.94. The summed E-state index contributed by atoms with van der Waals surface area (Å²) in [6, 6.07) is 10.2. The van der Waals surface area contributed by atoms with Crippen LogP contribution in [0.1, 0.15) is 26.7 Å². The summed E-state index contributed by atoms with van der Waals surface area (Å²) >= 11 is 1.47. The van der Waals surface area contributed by atoms with E-state index in [4.69, 9.17) is 4.18 Å². The Bertz CT molecular complexity index is 295. The Kier molecular flexibility index (Phi) is 6.27. The molecule has 1 aromatic rings. The molecular formula is C14H20OS. The van der Waals surface area contributed by atoms with Crippen molar-refractivity contribution < 1.29 is 4.18 Å². The molecule has 0 heterocycles. The van der Waals surface area contributed by atoms with Crippen molar-refractivity contribution in [2.75, 3.05) is 0 Å². The highest BCUT2D eigenvalue weighted by Gasteiger charge is 2.13. The molecule has 0 bridgehead atoms. The lowest BCUT2D eigenvalue weighted by Gasteiger charge is -2.19. The minimum Gasteiger partial charge on any atom is -0.307 e. The molecule has 1 aromatic carbocycles. The van der Waals surface area contributed by atoms with Gasteiger partial charge in [0, 0.05) is 16.9 Å². The third-order valence-corrected chi connectivity index (χ3v) is 3.22. The van der Waals surface area contributed by atoms with E-state index >= 15 is 0 Å². The van der Waals surface area contributed by atoms with Gasteiger partial charge in [-0.25, -0.2) is 0 Å². The van der Waals surface area contributed by atoms with Crippen LogP contribution in [-0.2, 0) is 4.18 Å². The Morgan fingerprint density at radius 2 is 2.00 bits per heavy atom. The summed E-state index contributed by atoms with van der Waals surface area (Å²) in [4.78, 5) is 1.16. The molecule has 0 amide bonds. The van der Waals surface area contributed by atoms with Gasteiger partial charge in [0.1, 0.15) is 0 Å². The fourth-order valence-corrected chi connectivity index (χ4v) is 2.19. The summed E-state index contributed by atoms with van der Waals surface area (Å²) in [6.07, 6.45) is 4.30. The summed E-state index contributed by atoms with van der Waals surface area (Å²) in [6.45, 7) is 8.14. The van der Waals surface area contributed by atoms with Crippen molar-refractivity contribution in [3.8, 4) is 0 Å². The molecule has 0 radical (unpaired) electrons. The molecule has 1 nitrogen and oxygen atoms in total. The largest absolute Gasteiger partial charge is 0.307 e. The van der Waals surface area contributed by atoms with Crippen LogP contribution in [0.4, 0.5) is 0 Å². The second-order valence-corrected chi connectivity index (χ2v) is 4.97. The first-order valence-corrected chi connectivity index (χ1v) is 6.47. The molecule has 0 N–H and O–H groups in total. The molecule has 88 valence electrons. The Labute approximate surface area is 103 Å². The van der Waals surface area contributed by atoms with Crippen molar-refractivity contribution in [2.45, 2.75) is 37.7 Å². The molecule has 16 heavy (non-hydrogen) atoms. The Balaban J connectivity index is 2.40. The number of benzene rings is 1. The van der Waals surface area contributed by atoms with E-state index in [0.29, 0.717) is 12.0 Å². The van der Waals surface area contributed by atoms with E-state index in [0.717, 1.165) is 17.7 Å². The predicted octanol–water partition coefficient (Wildman–Crippen LogP) is 4.70. The van der Waals surface area contributed by atoms with E-state index in [-0.39, 0.29) is 0 Å². The fraction of sp³-hybridized carbons (Fsp3) is 0.429. The fourth-order valence-electron chi connectivity index (χ4n) is 1.37. The number of rotatable bonds is 7. The quantitative estimate of drug-likeness (QED) is 0.501. The average molecular weight is 236 g/mol. The summed E-state index contributed by atoms with van der Waals surface area (Å²) in [5, 5.41) is 0. The van der Waals surface area contributed by atoms with Gasteiger partial charge in [-0.2, -0.15) is 0 Å². The second-order valence-electron chi connectivity index (χ2n) is 4.14. The van der Waals surface area contributed by atoms with E-state index in [1.165, 1.54) is 12.0 Å². The van der Waals surface area contributed by atoms with Gasteiger partial charge in [0.15, 0.2) is 0 Å². The van der Waals surface area contributed by atoms with Crippen molar-refractivity contribution in [1.82, 2.24) is 0 Å². The van der Waals surface area contributed by atoms with E-state index in [2.05, 4.69) is 32.6 Å². The van der Waals surface area contributed by atoms with Gasteiger partial charge in [-0.15, -0.1) is 6.58 Å². The third kappa shape index (κ3) is 4.86. The molecule has 0 saturated heterocycles. The first kappa shape index (κ1) is 13.3. The standard InChI is InChI=1S/C14H20OS/c1-4-5-11-14(12(2)3)15-16-13-9-7-6-8-10-13/h4,6-10,12,14H,1,5,11H2,2-3H3. The second kappa shape index (κ2) is 7.53. The average Bonchev–Trinajstić information content (AvgIpc) is 2.30. The summed E-state index contributed by atoms with van der Waals surface area (Å²) in [5.74, 6) is 0.538. The molecule has 2 heteroatoms. The van der Waals surface area contributed by atoms with Crippen LogP contribution in [0.25, 0.3) is 0 Å². The van der Waals surface area contributed by atoms with Crippen molar-refractivity contribution in [3.05, 3.63) is 43.0 Å². The lowest BCUT2D eigenvalue weighted by Crippen LogP contribution is -2.16. The third-order valence-electron chi connectivity index (χ3n) is 2.41. The van der Waals surface area contributed by atoms with E-state index < -0.39 is 0 Å². The molecule has 0 aliphatic heterocycles. The molecule has 0 spiro atoms. The summed E-state index contributed by atoms with van der Waals surface area (Å²) in [5.41, 5.74) is 0. The zero-order valence-corrected chi connectivity index (χ0v) is 10.9. The SMILES string of the molecule is C=CCCC(OSc1ccccc1)C(C)C. The van der Waals surface area contributed by atoms with Gasteiger partial charge in [0.2, 0.25) is 0 Å². The molecule has 1 unspecified atom stereocenters. The van der Waals surface area contributed by atoms with Gasteiger partial charge in [-0.05, 0) is 30.9 Å². The molecule has 0 aromatic heterocycles. The molecule has 0 saturated carbocycles. The zero-order valence-electron chi connectivity index (χ0n) is 10.1. The minimum absolute atomic E-state index is 0.295. The van der Waals surface area contributed by atoms with Gasteiger partial charge in [-0.3, -0.25) is 0 Å². The van der Waals surface area contributed by atoms with Crippen molar-refractivity contribution >= 4 is 12.0 Å². The van der Waals surface area contributed by atoms with Crippen LogP contribution in [0.5, 0.6) is 0 Å². The monoisotopic (exact) mass is 236 g/mol. The van der Waals surface area contributed by atoms with E-state index in [1.807, 2.05) is 24.3 Å². The van der Waals surface area contributed by atoms with Crippen LogP contribution in [0.15, 0.2) is 47.9 Å². The smallest absolute Gasteiger partial charge is 0.0752 e. The maximum absolute atomic E-state index is 5.86. The lowest BCUT2D eigenvalue weighted by atomic mass is 10.0. The molecule has 0 aliphatic carbocycles. The maximum atomic E-state index is 5.86. The Hall–Kier alpha value is -0.730. The van der Waals surface area contributed by atoms with Crippen LogP contribution >= 0.6 is 12.0 Å². The lowest BCUT2D eigenvalue weighted by molar-refractivity contribution is 0.173. The van der Waals surface area contributed by atoms with E-state index in [1.54, 1.807) is 0 Å². The first-order valence-electron chi connectivity index (χ1n) is 5.73. The van der Waals surface area contributed by atoms with Gasteiger partial charge < -0.3 is 4.18 Å². The van der Waals surface area contributed by atoms with E-state index in [9.17, 15) is 0 Å². The number of hydrogen-bond acceptors (Lipinski definition) is 2. The molecule has 0 aliphatic rings. The predicted molar refractivity (Wildman–Crippen MR) is 71.4 cm³/mol. The van der Waals surface area contributed by atoms with Crippen molar-refractivity contribution in [3.63, 3.8) is 0 Å². The summed E-state index contributed by atoms with van der Waals surface area (Å²) < 4.78 is 5.86. The summed E-state index contributed by atoms with van der Waals surface area (Å²) in [7, 11) is 0. The van der Waals surface area contributed by atoms with Crippen molar-refractivity contribution in [2.24, 2.45) is 5.92 Å². The van der Waals surface area contributed by atoms with Gasteiger partial charge in [0.05, 0.1) is 6.10 Å². The Morgan fingerprint density at radius 1 is 1.31 bits per heavy atom. The Morgan fingerprint density at radius 3 is 2.56 bits per heavy atom. The van der Waals surface area contributed by atoms with Crippen LogP contribution in [0, 0.1) is 5.92 Å². The molecule has 1 atom stereocenters. The molecule has 1 rings (SSSR count). The highest BCUT2D eigenvalue weighted by Crippen LogP contribution is 2.25. The first-order chi connectivity index (χ1) is 7.74.